The van der Waals surface area contributed by atoms with Crippen molar-refractivity contribution in [1.29, 1.82) is 0 Å². The van der Waals surface area contributed by atoms with Gasteiger partial charge in [0.25, 0.3) is 5.91 Å². The third-order valence-corrected chi connectivity index (χ3v) is 4.69. The highest BCUT2D eigenvalue weighted by Crippen LogP contribution is 2.28. The van der Waals surface area contributed by atoms with Crippen molar-refractivity contribution in [3.63, 3.8) is 0 Å². The van der Waals surface area contributed by atoms with Crippen molar-refractivity contribution in [3.05, 3.63) is 23.8 Å². The molecule has 5 nitrogen and oxygen atoms in total. The monoisotopic (exact) mass is 337 g/mol. The Hall–Kier alpha value is -1.69. The van der Waals surface area contributed by atoms with Gasteiger partial charge in [-0.15, -0.1) is 11.8 Å². The molecule has 0 saturated carbocycles. The minimum atomic E-state index is -0.232. The van der Waals surface area contributed by atoms with Gasteiger partial charge in [-0.3, -0.25) is 9.59 Å². The van der Waals surface area contributed by atoms with Gasteiger partial charge in [0, 0.05) is 18.0 Å². The second kappa shape index (κ2) is 8.24. The first-order valence-corrected chi connectivity index (χ1v) is 9.01. The van der Waals surface area contributed by atoms with Crippen LogP contribution >= 0.6 is 11.8 Å². The molecule has 23 heavy (non-hydrogen) atoms. The number of benzene rings is 1. The number of esters is 1. The highest BCUT2D eigenvalue weighted by molar-refractivity contribution is 7.98. The summed E-state index contributed by atoms with van der Waals surface area (Å²) >= 11 is 1.60. The SMILES string of the molecule is CCOC(=O)C1CCCN(C(=O)c2ccc(SC)cc2OC)C1. The largest absolute Gasteiger partial charge is 0.496 e. The Labute approximate surface area is 141 Å². The summed E-state index contributed by atoms with van der Waals surface area (Å²) < 4.78 is 10.4. The van der Waals surface area contributed by atoms with Crippen molar-refractivity contribution in [1.82, 2.24) is 4.90 Å². The molecule has 2 rings (SSSR count). The Bertz CT molecular complexity index is 576. The lowest BCUT2D eigenvalue weighted by molar-refractivity contribution is -0.149. The van der Waals surface area contributed by atoms with Crippen molar-refractivity contribution >= 4 is 23.6 Å². The Morgan fingerprint density at radius 2 is 2.17 bits per heavy atom. The summed E-state index contributed by atoms with van der Waals surface area (Å²) in [5.41, 5.74) is 0.537. The molecule has 1 atom stereocenters. The van der Waals surface area contributed by atoms with Crippen LogP contribution in [0, 0.1) is 5.92 Å². The van der Waals surface area contributed by atoms with Crippen LogP contribution in [0.1, 0.15) is 30.1 Å². The third-order valence-electron chi connectivity index (χ3n) is 3.97. The summed E-state index contributed by atoms with van der Waals surface area (Å²) in [6.07, 6.45) is 3.55. The number of methoxy groups -OCH3 is 1. The molecule has 126 valence electrons. The van der Waals surface area contributed by atoms with E-state index in [0.717, 1.165) is 17.7 Å². The van der Waals surface area contributed by atoms with E-state index >= 15 is 0 Å². The normalized spacial score (nSPS) is 17.7. The van der Waals surface area contributed by atoms with Gasteiger partial charge < -0.3 is 14.4 Å². The zero-order chi connectivity index (χ0) is 16.8. The van der Waals surface area contributed by atoms with Gasteiger partial charge in [0.15, 0.2) is 0 Å². The van der Waals surface area contributed by atoms with Gasteiger partial charge >= 0.3 is 5.97 Å². The van der Waals surface area contributed by atoms with E-state index in [0.29, 0.717) is 31.0 Å². The smallest absolute Gasteiger partial charge is 0.310 e. The molecule has 0 spiro atoms. The molecule has 0 N–H and O–H groups in total. The van der Waals surface area contributed by atoms with Crippen molar-refractivity contribution in [2.75, 3.05) is 33.1 Å². The first kappa shape index (κ1) is 17.7. The minimum Gasteiger partial charge on any atom is -0.496 e. The first-order valence-electron chi connectivity index (χ1n) is 7.78. The van der Waals surface area contributed by atoms with E-state index in [4.69, 9.17) is 9.47 Å². The number of piperidine rings is 1. The Morgan fingerprint density at radius 1 is 1.39 bits per heavy atom. The van der Waals surface area contributed by atoms with Crippen LogP contribution in [0.2, 0.25) is 0 Å². The van der Waals surface area contributed by atoms with E-state index in [1.807, 2.05) is 18.4 Å². The number of likely N-dealkylation sites (tertiary alicyclic amines) is 1. The highest BCUT2D eigenvalue weighted by Gasteiger charge is 2.30. The molecule has 0 bridgehead atoms. The van der Waals surface area contributed by atoms with Crippen molar-refractivity contribution in [2.24, 2.45) is 5.92 Å². The van der Waals surface area contributed by atoms with Crippen LogP contribution in [0.3, 0.4) is 0 Å². The van der Waals surface area contributed by atoms with Gasteiger partial charge in [0.2, 0.25) is 0 Å². The summed E-state index contributed by atoms with van der Waals surface area (Å²) in [4.78, 5) is 27.5. The van der Waals surface area contributed by atoms with E-state index in [1.165, 1.54) is 0 Å². The van der Waals surface area contributed by atoms with Crippen LogP contribution in [-0.2, 0) is 9.53 Å². The van der Waals surface area contributed by atoms with E-state index < -0.39 is 0 Å². The second-order valence-electron chi connectivity index (χ2n) is 5.41. The molecule has 0 radical (unpaired) electrons. The number of thioether (sulfide) groups is 1. The van der Waals surface area contributed by atoms with Gasteiger partial charge in [-0.1, -0.05) is 0 Å². The molecule has 1 saturated heterocycles. The molecule has 1 unspecified atom stereocenters. The standard InChI is InChI=1S/C17H23NO4S/c1-4-22-17(20)12-6-5-9-18(11-12)16(19)14-8-7-13(23-3)10-15(14)21-2/h7-8,10,12H,4-6,9,11H2,1-3H3. The summed E-state index contributed by atoms with van der Waals surface area (Å²) in [6.45, 7) is 3.22. The first-order chi connectivity index (χ1) is 11.1. The number of carbonyl (C=O) groups excluding carboxylic acids is 2. The number of hydrogen-bond donors (Lipinski definition) is 0. The molecule has 1 aliphatic rings. The highest BCUT2D eigenvalue weighted by atomic mass is 32.2. The van der Waals surface area contributed by atoms with E-state index in [-0.39, 0.29) is 17.8 Å². The predicted molar refractivity (Wildman–Crippen MR) is 90.0 cm³/mol. The van der Waals surface area contributed by atoms with Crippen LogP contribution in [0.4, 0.5) is 0 Å². The Balaban J connectivity index is 2.15. The number of nitrogens with zero attached hydrogens (tertiary/aromatic N) is 1. The maximum atomic E-state index is 12.8. The molecule has 1 heterocycles. The van der Waals surface area contributed by atoms with Crippen LogP contribution in [-0.4, -0.2) is 49.8 Å². The molecular formula is C17H23NO4S. The average Bonchev–Trinajstić information content (AvgIpc) is 2.60. The fraction of sp³-hybridized carbons (Fsp3) is 0.529. The fourth-order valence-corrected chi connectivity index (χ4v) is 3.19. The molecule has 1 aliphatic heterocycles. The zero-order valence-corrected chi connectivity index (χ0v) is 14.6. The minimum absolute atomic E-state index is 0.0940. The molecule has 0 aromatic heterocycles. The summed E-state index contributed by atoms with van der Waals surface area (Å²) in [6, 6.07) is 5.57. The van der Waals surface area contributed by atoms with Crippen molar-refractivity contribution < 1.29 is 19.1 Å². The quantitative estimate of drug-likeness (QED) is 0.611. The third kappa shape index (κ3) is 4.19. The van der Waals surface area contributed by atoms with Gasteiger partial charge in [0.1, 0.15) is 5.75 Å². The zero-order valence-electron chi connectivity index (χ0n) is 13.8. The van der Waals surface area contributed by atoms with Crippen molar-refractivity contribution in [3.8, 4) is 5.75 Å². The predicted octanol–water partition coefficient (Wildman–Crippen LogP) is 2.83. The van der Waals surface area contributed by atoms with Crippen LogP contribution in [0.5, 0.6) is 5.75 Å². The number of rotatable bonds is 5. The second-order valence-corrected chi connectivity index (χ2v) is 6.29. The van der Waals surface area contributed by atoms with E-state index in [2.05, 4.69) is 0 Å². The summed E-state index contributed by atoms with van der Waals surface area (Å²) in [7, 11) is 1.56. The number of ether oxygens (including phenoxy) is 2. The Morgan fingerprint density at radius 3 is 2.83 bits per heavy atom. The lowest BCUT2D eigenvalue weighted by Gasteiger charge is -2.32. The molecule has 6 heteroatoms. The molecular weight excluding hydrogens is 314 g/mol. The van der Waals surface area contributed by atoms with Crippen LogP contribution in [0.15, 0.2) is 23.1 Å². The average molecular weight is 337 g/mol. The van der Waals surface area contributed by atoms with Crippen LogP contribution < -0.4 is 4.74 Å². The topological polar surface area (TPSA) is 55.8 Å². The summed E-state index contributed by atoms with van der Waals surface area (Å²) in [5.74, 6) is 0.0300. The van der Waals surface area contributed by atoms with Crippen LogP contribution in [0.25, 0.3) is 0 Å². The van der Waals surface area contributed by atoms with Gasteiger partial charge in [-0.25, -0.2) is 0 Å². The van der Waals surface area contributed by atoms with Crippen molar-refractivity contribution in [2.45, 2.75) is 24.7 Å². The maximum absolute atomic E-state index is 12.8. The fourth-order valence-electron chi connectivity index (χ4n) is 2.76. The molecule has 1 amide bonds. The lowest BCUT2D eigenvalue weighted by atomic mass is 9.97. The van der Waals surface area contributed by atoms with E-state index in [1.54, 1.807) is 36.8 Å². The lowest BCUT2D eigenvalue weighted by Crippen LogP contribution is -2.42. The maximum Gasteiger partial charge on any atom is 0.310 e. The molecule has 0 aliphatic carbocycles. The van der Waals surface area contributed by atoms with Gasteiger partial charge in [0.05, 0.1) is 25.2 Å². The number of carbonyl (C=O) groups is 2. The van der Waals surface area contributed by atoms with Gasteiger partial charge in [-0.2, -0.15) is 0 Å². The molecule has 1 aromatic carbocycles. The van der Waals surface area contributed by atoms with E-state index in [9.17, 15) is 9.59 Å². The number of hydrogen-bond acceptors (Lipinski definition) is 5. The summed E-state index contributed by atoms with van der Waals surface area (Å²) in [5, 5.41) is 0. The molecule has 1 aromatic rings. The molecule has 1 fully saturated rings. The number of amides is 1. The Kier molecular flexibility index (Phi) is 6.33. The van der Waals surface area contributed by atoms with Gasteiger partial charge in [-0.05, 0) is 44.2 Å².